The first kappa shape index (κ1) is 15.5. The molecule has 4 nitrogen and oxygen atoms in total. The molecule has 0 atom stereocenters. The van der Waals surface area contributed by atoms with Gasteiger partial charge in [0.25, 0.3) is 0 Å². The van der Waals surface area contributed by atoms with Crippen LogP contribution in [-0.4, -0.2) is 47.0 Å². The van der Waals surface area contributed by atoms with Crippen molar-refractivity contribution in [3.63, 3.8) is 0 Å². The molecule has 0 bridgehead atoms. The zero-order valence-electron chi connectivity index (χ0n) is 10.0. The predicted molar refractivity (Wildman–Crippen MR) is 61.8 cm³/mol. The minimum absolute atomic E-state index is 0.0000307. The van der Waals surface area contributed by atoms with Gasteiger partial charge in [-0.05, 0) is 17.7 Å². The summed E-state index contributed by atoms with van der Waals surface area (Å²) in [6, 6.07) is 5.60. The van der Waals surface area contributed by atoms with Crippen molar-refractivity contribution in [1.82, 2.24) is 4.90 Å². The molecule has 0 unspecified atom stereocenters. The number of carboxylic acids is 1. The maximum atomic E-state index is 12.3. The molecule has 0 saturated heterocycles. The predicted octanol–water partition coefficient (Wildman–Crippen LogP) is 1.74. The van der Waals surface area contributed by atoms with Gasteiger partial charge in [-0.1, -0.05) is 12.1 Å². The van der Waals surface area contributed by atoms with Crippen molar-refractivity contribution in [2.24, 2.45) is 0 Å². The second kappa shape index (κ2) is 6.53. The van der Waals surface area contributed by atoms with Crippen LogP contribution in [0.15, 0.2) is 24.3 Å². The first-order valence-corrected chi connectivity index (χ1v) is 5.54. The standard InChI is InChI=1S/C12H14F3NO3/c13-12(14,15)8-16(5-6-17)7-9-1-3-10(4-2-9)11(18)19/h1-4,17H,5-8H2,(H,18,19). The van der Waals surface area contributed by atoms with Crippen molar-refractivity contribution in [3.05, 3.63) is 35.4 Å². The minimum Gasteiger partial charge on any atom is -0.478 e. The summed E-state index contributed by atoms with van der Waals surface area (Å²) in [6.07, 6.45) is -4.34. The molecule has 0 aromatic heterocycles. The van der Waals surface area contributed by atoms with Crippen molar-refractivity contribution < 1.29 is 28.2 Å². The molecule has 19 heavy (non-hydrogen) atoms. The number of alkyl halides is 3. The van der Waals surface area contributed by atoms with Crippen LogP contribution in [0.3, 0.4) is 0 Å². The lowest BCUT2D eigenvalue weighted by molar-refractivity contribution is -0.147. The van der Waals surface area contributed by atoms with Gasteiger partial charge in [0.05, 0.1) is 18.7 Å². The summed E-state index contributed by atoms with van der Waals surface area (Å²) >= 11 is 0. The van der Waals surface area contributed by atoms with Gasteiger partial charge in [0.2, 0.25) is 0 Å². The Morgan fingerprint density at radius 3 is 2.21 bits per heavy atom. The van der Waals surface area contributed by atoms with Gasteiger partial charge < -0.3 is 10.2 Å². The van der Waals surface area contributed by atoms with E-state index in [0.717, 1.165) is 4.90 Å². The molecular weight excluding hydrogens is 263 g/mol. The van der Waals surface area contributed by atoms with Gasteiger partial charge in [-0.3, -0.25) is 4.90 Å². The van der Waals surface area contributed by atoms with Crippen molar-refractivity contribution in [1.29, 1.82) is 0 Å². The van der Waals surface area contributed by atoms with E-state index < -0.39 is 18.7 Å². The number of aliphatic hydroxyl groups excluding tert-OH is 1. The van der Waals surface area contributed by atoms with Crippen LogP contribution in [0.2, 0.25) is 0 Å². The van der Waals surface area contributed by atoms with E-state index in [2.05, 4.69) is 0 Å². The molecule has 106 valence electrons. The Morgan fingerprint density at radius 1 is 1.21 bits per heavy atom. The number of carbonyl (C=O) groups is 1. The summed E-state index contributed by atoms with van der Waals surface area (Å²) in [6.45, 7) is -1.59. The quantitative estimate of drug-likeness (QED) is 0.831. The first-order valence-electron chi connectivity index (χ1n) is 5.54. The molecule has 1 aromatic rings. The molecule has 0 aliphatic heterocycles. The van der Waals surface area contributed by atoms with Crippen molar-refractivity contribution in [2.45, 2.75) is 12.7 Å². The summed E-state index contributed by atoms with van der Waals surface area (Å²) in [4.78, 5) is 11.7. The number of carboxylic acid groups (broad SMARTS) is 1. The molecule has 0 aliphatic rings. The Hall–Kier alpha value is -1.60. The third-order valence-electron chi connectivity index (χ3n) is 2.43. The maximum Gasteiger partial charge on any atom is 0.401 e. The van der Waals surface area contributed by atoms with E-state index in [9.17, 15) is 18.0 Å². The van der Waals surface area contributed by atoms with Crippen LogP contribution < -0.4 is 0 Å². The molecule has 1 aromatic carbocycles. The van der Waals surface area contributed by atoms with Crippen molar-refractivity contribution >= 4 is 5.97 Å². The fourth-order valence-corrected chi connectivity index (χ4v) is 1.62. The lowest BCUT2D eigenvalue weighted by atomic mass is 10.1. The van der Waals surface area contributed by atoms with Gasteiger partial charge >= 0.3 is 12.1 Å². The summed E-state index contributed by atoms with van der Waals surface area (Å²) in [5.74, 6) is -1.09. The number of halogens is 3. The highest BCUT2D eigenvalue weighted by Gasteiger charge is 2.30. The van der Waals surface area contributed by atoms with Crippen LogP contribution in [0.4, 0.5) is 13.2 Å². The average molecular weight is 277 g/mol. The van der Waals surface area contributed by atoms with Gasteiger partial charge in [-0.25, -0.2) is 4.79 Å². The highest BCUT2D eigenvalue weighted by Crippen LogP contribution is 2.18. The fraction of sp³-hybridized carbons (Fsp3) is 0.417. The summed E-state index contributed by atoms with van der Waals surface area (Å²) < 4.78 is 36.9. The van der Waals surface area contributed by atoms with Crippen molar-refractivity contribution in [3.8, 4) is 0 Å². The van der Waals surface area contributed by atoms with Gasteiger partial charge in [-0.15, -0.1) is 0 Å². The van der Waals surface area contributed by atoms with E-state index in [4.69, 9.17) is 10.2 Å². The zero-order valence-corrected chi connectivity index (χ0v) is 10.0. The van der Waals surface area contributed by atoms with E-state index in [1.165, 1.54) is 24.3 Å². The molecule has 7 heteroatoms. The van der Waals surface area contributed by atoms with E-state index in [0.29, 0.717) is 5.56 Å². The highest BCUT2D eigenvalue weighted by molar-refractivity contribution is 5.87. The lowest BCUT2D eigenvalue weighted by Crippen LogP contribution is -2.35. The van der Waals surface area contributed by atoms with Crippen LogP contribution in [0, 0.1) is 0 Å². The Bertz CT molecular complexity index is 417. The average Bonchev–Trinajstić information content (AvgIpc) is 2.27. The Labute approximate surface area is 108 Å². The summed E-state index contributed by atoms with van der Waals surface area (Å²) in [5.41, 5.74) is 0.635. The van der Waals surface area contributed by atoms with E-state index in [1.54, 1.807) is 0 Å². The normalized spacial score (nSPS) is 11.8. The molecule has 1 rings (SSSR count). The third kappa shape index (κ3) is 5.71. The molecule has 0 heterocycles. The molecule has 0 aliphatic carbocycles. The van der Waals surface area contributed by atoms with Crippen LogP contribution in [0.25, 0.3) is 0 Å². The number of rotatable bonds is 6. The monoisotopic (exact) mass is 277 g/mol. The van der Waals surface area contributed by atoms with E-state index in [-0.39, 0.29) is 25.3 Å². The Balaban J connectivity index is 2.70. The first-order chi connectivity index (χ1) is 8.81. The minimum atomic E-state index is -4.34. The van der Waals surface area contributed by atoms with Gasteiger partial charge in [-0.2, -0.15) is 13.2 Å². The van der Waals surface area contributed by atoms with E-state index >= 15 is 0 Å². The lowest BCUT2D eigenvalue weighted by Gasteiger charge is -2.22. The van der Waals surface area contributed by atoms with E-state index in [1.807, 2.05) is 0 Å². The number of nitrogens with zero attached hydrogens (tertiary/aromatic N) is 1. The molecule has 0 spiro atoms. The third-order valence-corrected chi connectivity index (χ3v) is 2.43. The summed E-state index contributed by atoms with van der Waals surface area (Å²) in [5, 5.41) is 17.4. The van der Waals surface area contributed by atoms with Crippen LogP contribution in [-0.2, 0) is 6.54 Å². The highest BCUT2D eigenvalue weighted by atomic mass is 19.4. The van der Waals surface area contributed by atoms with Crippen LogP contribution >= 0.6 is 0 Å². The number of aliphatic hydroxyl groups is 1. The smallest absolute Gasteiger partial charge is 0.401 e. The topological polar surface area (TPSA) is 60.8 Å². The zero-order chi connectivity index (χ0) is 14.5. The number of hydrogen-bond acceptors (Lipinski definition) is 3. The van der Waals surface area contributed by atoms with Gasteiger partial charge in [0.1, 0.15) is 0 Å². The molecule has 0 amide bonds. The molecule has 0 saturated carbocycles. The second-order valence-electron chi connectivity index (χ2n) is 4.05. The summed E-state index contributed by atoms with van der Waals surface area (Å²) in [7, 11) is 0. The second-order valence-corrected chi connectivity index (χ2v) is 4.05. The Morgan fingerprint density at radius 2 is 1.79 bits per heavy atom. The molecule has 0 radical (unpaired) electrons. The fourth-order valence-electron chi connectivity index (χ4n) is 1.62. The molecule has 0 fully saturated rings. The van der Waals surface area contributed by atoms with Crippen LogP contribution in [0.5, 0.6) is 0 Å². The van der Waals surface area contributed by atoms with Gasteiger partial charge in [0, 0.05) is 13.1 Å². The molecular formula is C12H14F3NO3. The SMILES string of the molecule is O=C(O)c1ccc(CN(CCO)CC(F)(F)F)cc1. The number of benzene rings is 1. The maximum absolute atomic E-state index is 12.3. The van der Waals surface area contributed by atoms with Crippen LogP contribution in [0.1, 0.15) is 15.9 Å². The van der Waals surface area contributed by atoms with Crippen molar-refractivity contribution in [2.75, 3.05) is 19.7 Å². The largest absolute Gasteiger partial charge is 0.478 e. The number of hydrogen-bond donors (Lipinski definition) is 2. The number of aromatic carboxylic acids is 1. The molecule has 2 N–H and O–H groups in total. The van der Waals surface area contributed by atoms with Gasteiger partial charge in [0.15, 0.2) is 0 Å². The Kier molecular flexibility index (Phi) is 5.31.